The second-order valence-electron chi connectivity index (χ2n) is 7.63. The molecule has 0 bridgehead atoms. The van der Waals surface area contributed by atoms with Crippen LogP contribution in [-0.2, 0) is 12.2 Å². The van der Waals surface area contributed by atoms with Crippen molar-refractivity contribution in [3.8, 4) is 5.69 Å². The topological polar surface area (TPSA) is 63.9 Å². The number of benzene rings is 2. The molecule has 3 aromatic rings. The minimum Gasteiger partial charge on any atom is -0.339 e. The van der Waals surface area contributed by atoms with Crippen LogP contribution in [0.1, 0.15) is 54.1 Å². The Kier molecular flexibility index (Phi) is 6.79. The first-order chi connectivity index (χ1) is 14.7. The lowest BCUT2D eigenvalue weighted by Crippen LogP contribution is -2.27. The molecule has 30 heavy (non-hydrogen) atoms. The maximum Gasteiger partial charge on any atom is 0.253 e. The van der Waals surface area contributed by atoms with E-state index < -0.39 is 0 Å². The van der Waals surface area contributed by atoms with Gasteiger partial charge < -0.3 is 4.90 Å². The number of carbonyl (C=O) groups excluding carboxylic acids is 1. The summed E-state index contributed by atoms with van der Waals surface area (Å²) in [5.41, 5.74) is 4.21. The molecule has 7 heteroatoms. The number of thioether (sulfide) groups is 1. The fraction of sp³-hybridized carbons (Fsp3) is 0.391. The predicted octanol–water partition coefficient (Wildman–Crippen LogP) is 4.53. The molecule has 1 fully saturated rings. The zero-order chi connectivity index (χ0) is 20.8. The lowest BCUT2D eigenvalue weighted by atomic mass is 10.1. The number of nitrogens with zero attached hydrogens (tertiary/aromatic N) is 5. The molecule has 0 N–H and O–H groups in total. The molecule has 1 aliphatic rings. The van der Waals surface area contributed by atoms with Gasteiger partial charge in [0.25, 0.3) is 5.91 Å². The Bertz CT molecular complexity index is 962. The van der Waals surface area contributed by atoms with E-state index in [4.69, 9.17) is 0 Å². The van der Waals surface area contributed by atoms with E-state index in [1.54, 1.807) is 16.4 Å². The number of aromatic nitrogens is 4. The Morgan fingerprint density at radius 3 is 2.40 bits per heavy atom. The average Bonchev–Trinajstić information content (AvgIpc) is 3.49. The molecular formula is C23H27N5OS. The second-order valence-corrected chi connectivity index (χ2v) is 8.57. The smallest absolute Gasteiger partial charge is 0.253 e. The van der Waals surface area contributed by atoms with E-state index >= 15 is 0 Å². The van der Waals surface area contributed by atoms with Crippen molar-refractivity contribution in [2.24, 2.45) is 0 Å². The molecule has 0 atom stereocenters. The van der Waals surface area contributed by atoms with Gasteiger partial charge in [-0.05, 0) is 71.5 Å². The summed E-state index contributed by atoms with van der Waals surface area (Å²) in [6.45, 7) is 3.95. The molecule has 2 heterocycles. The van der Waals surface area contributed by atoms with Crippen molar-refractivity contribution < 1.29 is 4.79 Å². The molecule has 0 saturated carbocycles. The number of unbranched alkanes of at least 4 members (excludes halogenated alkanes) is 1. The zero-order valence-corrected chi connectivity index (χ0v) is 18.1. The molecule has 1 aliphatic heterocycles. The van der Waals surface area contributed by atoms with Crippen molar-refractivity contribution in [2.75, 3.05) is 13.1 Å². The van der Waals surface area contributed by atoms with E-state index in [9.17, 15) is 4.79 Å². The summed E-state index contributed by atoms with van der Waals surface area (Å²) in [4.78, 5) is 14.4. The number of carbonyl (C=O) groups is 1. The first kappa shape index (κ1) is 20.6. The molecule has 2 aromatic carbocycles. The maximum atomic E-state index is 12.5. The van der Waals surface area contributed by atoms with Crippen molar-refractivity contribution in [3.05, 3.63) is 65.2 Å². The highest BCUT2D eigenvalue weighted by Gasteiger charge is 2.19. The minimum absolute atomic E-state index is 0.137. The fourth-order valence-corrected chi connectivity index (χ4v) is 4.46. The van der Waals surface area contributed by atoms with Crippen LogP contribution >= 0.6 is 11.8 Å². The van der Waals surface area contributed by atoms with Crippen molar-refractivity contribution in [1.82, 2.24) is 25.1 Å². The fourth-order valence-electron chi connectivity index (χ4n) is 3.61. The Balaban J connectivity index is 1.38. The van der Waals surface area contributed by atoms with Crippen LogP contribution in [0.4, 0.5) is 0 Å². The summed E-state index contributed by atoms with van der Waals surface area (Å²) in [6, 6.07) is 16.3. The van der Waals surface area contributed by atoms with Crippen LogP contribution in [0.15, 0.2) is 53.7 Å². The summed E-state index contributed by atoms with van der Waals surface area (Å²) in [6.07, 6.45) is 5.72. The van der Waals surface area contributed by atoms with E-state index in [1.807, 2.05) is 29.2 Å². The SMILES string of the molecule is CCCCc1ccc(-n2nnnc2SCc2ccc(C(=O)N3CCCC3)cc2)cc1. The highest BCUT2D eigenvalue weighted by molar-refractivity contribution is 7.98. The van der Waals surface area contributed by atoms with Crippen molar-refractivity contribution >= 4 is 17.7 Å². The minimum atomic E-state index is 0.137. The van der Waals surface area contributed by atoms with Gasteiger partial charge in [-0.3, -0.25) is 4.79 Å². The van der Waals surface area contributed by atoms with Crippen LogP contribution in [0.5, 0.6) is 0 Å². The molecule has 0 unspecified atom stereocenters. The van der Waals surface area contributed by atoms with Crippen LogP contribution in [0.2, 0.25) is 0 Å². The van der Waals surface area contributed by atoms with Gasteiger partial charge in [0.1, 0.15) is 0 Å². The highest BCUT2D eigenvalue weighted by Crippen LogP contribution is 2.23. The number of hydrogen-bond donors (Lipinski definition) is 0. The third kappa shape index (κ3) is 4.90. The van der Waals surface area contributed by atoms with Crippen molar-refractivity contribution in [1.29, 1.82) is 0 Å². The lowest BCUT2D eigenvalue weighted by Gasteiger charge is -2.15. The molecule has 156 valence electrons. The number of amides is 1. The van der Waals surface area contributed by atoms with Gasteiger partial charge in [-0.1, -0.05) is 49.4 Å². The van der Waals surface area contributed by atoms with Crippen LogP contribution in [0, 0.1) is 0 Å². The van der Waals surface area contributed by atoms with Gasteiger partial charge in [-0.2, -0.15) is 4.68 Å². The molecule has 0 aliphatic carbocycles. The number of hydrogen-bond acceptors (Lipinski definition) is 5. The van der Waals surface area contributed by atoms with Gasteiger partial charge in [0.15, 0.2) is 0 Å². The Hall–Kier alpha value is -2.67. The normalized spacial score (nSPS) is 13.7. The lowest BCUT2D eigenvalue weighted by molar-refractivity contribution is 0.0793. The van der Waals surface area contributed by atoms with Gasteiger partial charge in [0, 0.05) is 24.4 Å². The van der Waals surface area contributed by atoms with Gasteiger partial charge in [0.05, 0.1) is 5.69 Å². The van der Waals surface area contributed by atoms with Gasteiger partial charge in [-0.15, -0.1) is 5.10 Å². The Morgan fingerprint density at radius 1 is 1.00 bits per heavy atom. The quantitative estimate of drug-likeness (QED) is 0.500. The molecule has 4 rings (SSSR count). The van der Waals surface area contributed by atoms with Gasteiger partial charge >= 0.3 is 0 Å². The highest BCUT2D eigenvalue weighted by atomic mass is 32.2. The van der Waals surface area contributed by atoms with E-state index in [1.165, 1.54) is 18.4 Å². The van der Waals surface area contributed by atoms with Crippen LogP contribution in [0.25, 0.3) is 5.69 Å². The van der Waals surface area contributed by atoms with Crippen LogP contribution in [-0.4, -0.2) is 44.1 Å². The number of aryl methyl sites for hydroxylation is 1. The van der Waals surface area contributed by atoms with Gasteiger partial charge in [-0.25, -0.2) is 0 Å². The molecular weight excluding hydrogens is 394 g/mol. The Morgan fingerprint density at radius 2 is 1.70 bits per heavy atom. The zero-order valence-electron chi connectivity index (χ0n) is 17.3. The number of tetrazole rings is 1. The summed E-state index contributed by atoms with van der Waals surface area (Å²) in [5, 5.41) is 13.0. The van der Waals surface area contributed by atoms with Crippen molar-refractivity contribution in [2.45, 2.75) is 49.9 Å². The molecule has 0 spiro atoms. The van der Waals surface area contributed by atoms with Crippen LogP contribution in [0.3, 0.4) is 0 Å². The molecule has 1 saturated heterocycles. The van der Waals surface area contributed by atoms with E-state index in [0.717, 1.165) is 60.1 Å². The third-order valence-corrected chi connectivity index (χ3v) is 6.39. The Labute approximate surface area is 181 Å². The summed E-state index contributed by atoms with van der Waals surface area (Å²) in [5.74, 6) is 0.880. The van der Waals surface area contributed by atoms with E-state index in [2.05, 4.69) is 46.7 Å². The van der Waals surface area contributed by atoms with Crippen LogP contribution < -0.4 is 0 Å². The van der Waals surface area contributed by atoms with Crippen molar-refractivity contribution in [3.63, 3.8) is 0 Å². The molecule has 1 amide bonds. The molecule has 0 radical (unpaired) electrons. The van der Waals surface area contributed by atoms with E-state index in [0.29, 0.717) is 0 Å². The number of rotatable bonds is 8. The first-order valence-corrected chi connectivity index (χ1v) is 11.6. The summed E-state index contributed by atoms with van der Waals surface area (Å²) >= 11 is 1.59. The van der Waals surface area contributed by atoms with E-state index in [-0.39, 0.29) is 5.91 Å². The standard InChI is InChI=1S/C23H27N5OS/c1-2-3-6-18-9-13-21(14-10-18)28-23(24-25-26-28)30-17-19-7-11-20(12-8-19)22(29)27-15-4-5-16-27/h7-14H,2-6,15-17H2,1H3. The third-order valence-electron chi connectivity index (χ3n) is 5.40. The average molecular weight is 422 g/mol. The number of likely N-dealkylation sites (tertiary alicyclic amines) is 1. The van der Waals surface area contributed by atoms with Gasteiger partial charge in [0.2, 0.25) is 5.16 Å². The maximum absolute atomic E-state index is 12.5. The monoisotopic (exact) mass is 421 g/mol. The first-order valence-electron chi connectivity index (χ1n) is 10.6. The summed E-state index contributed by atoms with van der Waals surface area (Å²) < 4.78 is 1.78. The molecule has 1 aromatic heterocycles. The largest absolute Gasteiger partial charge is 0.339 e. The summed E-state index contributed by atoms with van der Waals surface area (Å²) in [7, 11) is 0. The molecule has 6 nitrogen and oxygen atoms in total. The predicted molar refractivity (Wildman–Crippen MR) is 119 cm³/mol. The second kappa shape index (κ2) is 9.89.